The van der Waals surface area contributed by atoms with Gasteiger partial charge in [0.1, 0.15) is 5.75 Å². The molecule has 0 unspecified atom stereocenters. The molecule has 1 amide bonds. The summed E-state index contributed by atoms with van der Waals surface area (Å²) in [6.45, 7) is 0. The van der Waals surface area contributed by atoms with Gasteiger partial charge in [-0.25, -0.2) is 0 Å². The number of ether oxygens (including phenoxy) is 1. The maximum Gasteiger partial charge on any atom is 0.255 e. The third kappa shape index (κ3) is 4.16. The molecule has 0 aromatic heterocycles. The zero-order valence-electron chi connectivity index (χ0n) is 11.9. The number of amides is 1. The molecule has 0 saturated carbocycles. The Hall–Kier alpha value is -1.65. The second-order valence-corrected chi connectivity index (χ2v) is 5.73. The van der Waals surface area contributed by atoms with Crippen LogP contribution in [0.15, 0.2) is 42.5 Å². The van der Waals surface area contributed by atoms with Crippen LogP contribution >= 0.6 is 23.4 Å². The fourth-order valence-electron chi connectivity index (χ4n) is 1.94. The van der Waals surface area contributed by atoms with E-state index in [0.29, 0.717) is 22.0 Å². The normalized spacial score (nSPS) is 10.2. The summed E-state index contributed by atoms with van der Waals surface area (Å²) in [5, 5.41) is 3.38. The first-order valence-electron chi connectivity index (χ1n) is 6.37. The summed E-state index contributed by atoms with van der Waals surface area (Å²) in [4.78, 5) is 12.3. The lowest BCUT2D eigenvalue weighted by atomic mass is 10.1. The van der Waals surface area contributed by atoms with Crippen LogP contribution < -0.4 is 10.1 Å². The van der Waals surface area contributed by atoms with E-state index in [1.54, 1.807) is 43.1 Å². The molecular weight excluding hydrogens is 306 g/mol. The van der Waals surface area contributed by atoms with Crippen molar-refractivity contribution in [2.45, 2.75) is 5.75 Å². The highest BCUT2D eigenvalue weighted by molar-refractivity contribution is 7.97. The van der Waals surface area contributed by atoms with Gasteiger partial charge in [-0.15, -0.1) is 0 Å². The highest BCUT2D eigenvalue weighted by Gasteiger charge is 2.10. The second-order valence-electron chi connectivity index (χ2n) is 4.43. The predicted molar refractivity (Wildman–Crippen MR) is 89.6 cm³/mol. The number of anilines is 1. The second kappa shape index (κ2) is 7.38. The smallest absolute Gasteiger partial charge is 0.255 e. The number of carbonyl (C=O) groups is 1. The number of nitrogens with one attached hydrogen (secondary N) is 1. The summed E-state index contributed by atoms with van der Waals surface area (Å²) in [7, 11) is 1.55. The summed E-state index contributed by atoms with van der Waals surface area (Å²) in [5.41, 5.74) is 2.29. The molecule has 110 valence electrons. The van der Waals surface area contributed by atoms with E-state index in [9.17, 15) is 4.79 Å². The van der Waals surface area contributed by atoms with Gasteiger partial charge in [-0.3, -0.25) is 4.79 Å². The van der Waals surface area contributed by atoms with Crippen LogP contribution in [0, 0.1) is 0 Å². The molecule has 0 heterocycles. The van der Waals surface area contributed by atoms with Gasteiger partial charge in [0.2, 0.25) is 0 Å². The molecule has 1 N–H and O–H groups in total. The molecule has 0 aliphatic rings. The zero-order valence-corrected chi connectivity index (χ0v) is 13.4. The maximum atomic E-state index is 12.3. The molecule has 0 saturated heterocycles. The third-order valence-corrected chi connectivity index (χ3v) is 3.77. The van der Waals surface area contributed by atoms with Crippen LogP contribution in [0.1, 0.15) is 15.9 Å². The Morgan fingerprint density at radius 1 is 1.29 bits per heavy atom. The Morgan fingerprint density at radius 2 is 2.10 bits per heavy atom. The lowest BCUT2D eigenvalue weighted by Crippen LogP contribution is -2.12. The highest BCUT2D eigenvalue weighted by atomic mass is 35.5. The predicted octanol–water partition coefficient (Wildman–Crippen LogP) is 4.46. The topological polar surface area (TPSA) is 38.3 Å². The fraction of sp³-hybridized carbons (Fsp3) is 0.188. The van der Waals surface area contributed by atoms with Crippen molar-refractivity contribution in [3.05, 3.63) is 58.6 Å². The van der Waals surface area contributed by atoms with Crippen LogP contribution in [0.2, 0.25) is 5.02 Å². The Labute approximate surface area is 133 Å². The molecule has 21 heavy (non-hydrogen) atoms. The summed E-state index contributed by atoms with van der Waals surface area (Å²) >= 11 is 7.68. The zero-order chi connectivity index (χ0) is 15.2. The van der Waals surface area contributed by atoms with Gasteiger partial charge in [0.05, 0.1) is 12.8 Å². The number of benzene rings is 2. The van der Waals surface area contributed by atoms with Gasteiger partial charge in [-0.2, -0.15) is 11.8 Å². The number of hydrogen-bond acceptors (Lipinski definition) is 3. The largest absolute Gasteiger partial charge is 0.495 e. The third-order valence-electron chi connectivity index (χ3n) is 2.91. The van der Waals surface area contributed by atoms with Gasteiger partial charge < -0.3 is 10.1 Å². The van der Waals surface area contributed by atoms with Crippen LogP contribution in [0.25, 0.3) is 0 Å². The maximum absolute atomic E-state index is 12.3. The van der Waals surface area contributed by atoms with E-state index in [0.717, 1.165) is 11.3 Å². The lowest BCUT2D eigenvalue weighted by molar-refractivity contribution is 0.102. The van der Waals surface area contributed by atoms with Crippen molar-refractivity contribution in [3.63, 3.8) is 0 Å². The van der Waals surface area contributed by atoms with E-state index in [1.807, 2.05) is 24.5 Å². The van der Waals surface area contributed by atoms with Crippen molar-refractivity contribution < 1.29 is 9.53 Å². The van der Waals surface area contributed by atoms with Crippen LogP contribution in [0.5, 0.6) is 5.75 Å². The molecule has 3 nitrogen and oxygen atoms in total. The van der Waals surface area contributed by atoms with Crippen molar-refractivity contribution in [1.82, 2.24) is 0 Å². The van der Waals surface area contributed by atoms with E-state index < -0.39 is 0 Å². The first-order valence-corrected chi connectivity index (χ1v) is 8.14. The lowest BCUT2D eigenvalue weighted by Gasteiger charge is -2.11. The first-order chi connectivity index (χ1) is 10.1. The number of methoxy groups -OCH3 is 1. The van der Waals surface area contributed by atoms with Crippen LogP contribution in [-0.4, -0.2) is 19.3 Å². The molecule has 2 rings (SSSR count). The Balaban J connectivity index is 2.21. The number of rotatable bonds is 5. The van der Waals surface area contributed by atoms with E-state index in [2.05, 4.69) is 5.32 Å². The molecule has 0 radical (unpaired) electrons. The van der Waals surface area contributed by atoms with E-state index in [-0.39, 0.29) is 5.91 Å². The molecular formula is C16H16ClNO2S. The van der Waals surface area contributed by atoms with Gasteiger partial charge in [0, 0.05) is 16.3 Å². The molecule has 0 fully saturated rings. The van der Waals surface area contributed by atoms with E-state index in [1.165, 1.54) is 0 Å². The van der Waals surface area contributed by atoms with Crippen LogP contribution in [0.4, 0.5) is 5.69 Å². The summed E-state index contributed by atoms with van der Waals surface area (Å²) in [6.07, 6.45) is 2.03. The molecule has 0 spiro atoms. The molecule has 5 heteroatoms. The quantitative estimate of drug-likeness (QED) is 0.883. The molecule has 2 aromatic carbocycles. The SMILES string of the molecule is COc1ccc(Cl)cc1NC(=O)c1cccc(CSC)c1. The molecule has 0 bridgehead atoms. The fourth-order valence-corrected chi connectivity index (χ4v) is 2.63. The summed E-state index contributed by atoms with van der Waals surface area (Å²) in [6, 6.07) is 12.7. The van der Waals surface area contributed by atoms with Crippen LogP contribution in [0.3, 0.4) is 0 Å². The average molecular weight is 322 g/mol. The number of carbonyl (C=O) groups excluding carboxylic acids is 1. The van der Waals surface area contributed by atoms with Crippen molar-refractivity contribution in [1.29, 1.82) is 0 Å². The Bertz CT molecular complexity index is 646. The molecule has 0 aliphatic heterocycles. The minimum atomic E-state index is -0.182. The standard InChI is InChI=1S/C16H16ClNO2S/c1-20-15-7-6-13(17)9-14(15)18-16(19)12-5-3-4-11(8-12)10-21-2/h3-9H,10H2,1-2H3,(H,18,19). The monoisotopic (exact) mass is 321 g/mol. The van der Waals surface area contributed by atoms with E-state index >= 15 is 0 Å². The van der Waals surface area contributed by atoms with Crippen molar-refractivity contribution >= 4 is 35.0 Å². The Morgan fingerprint density at radius 3 is 2.81 bits per heavy atom. The average Bonchev–Trinajstić information content (AvgIpc) is 2.48. The minimum absolute atomic E-state index is 0.182. The number of halogens is 1. The molecule has 0 atom stereocenters. The van der Waals surface area contributed by atoms with Gasteiger partial charge in [-0.05, 0) is 42.2 Å². The van der Waals surface area contributed by atoms with Gasteiger partial charge in [-0.1, -0.05) is 23.7 Å². The Kier molecular flexibility index (Phi) is 5.53. The van der Waals surface area contributed by atoms with Gasteiger partial charge >= 0.3 is 0 Å². The van der Waals surface area contributed by atoms with Gasteiger partial charge in [0.15, 0.2) is 0 Å². The van der Waals surface area contributed by atoms with Crippen molar-refractivity contribution in [2.24, 2.45) is 0 Å². The van der Waals surface area contributed by atoms with Crippen molar-refractivity contribution in [3.8, 4) is 5.75 Å². The minimum Gasteiger partial charge on any atom is -0.495 e. The van der Waals surface area contributed by atoms with Gasteiger partial charge in [0.25, 0.3) is 5.91 Å². The first kappa shape index (κ1) is 15.7. The van der Waals surface area contributed by atoms with E-state index in [4.69, 9.17) is 16.3 Å². The molecule has 0 aliphatic carbocycles. The highest BCUT2D eigenvalue weighted by Crippen LogP contribution is 2.28. The summed E-state index contributed by atoms with van der Waals surface area (Å²) < 4.78 is 5.22. The van der Waals surface area contributed by atoms with Crippen molar-refractivity contribution in [2.75, 3.05) is 18.7 Å². The van der Waals surface area contributed by atoms with Crippen LogP contribution in [-0.2, 0) is 5.75 Å². The number of hydrogen-bond donors (Lipinski definition) is 1. The molecule has 2 aromatic rings. The number of thioether (sulfide) groups is 1. The summed E-state index contributed by atoms with van der Waals surface area (Å²) in [5.74, 6) is 1.27.